The van der Waals surface area contributed by atoms with Crippen LogP contribution in [0.5, 0.6) is 5.75 Å². The number of hydrogen-bond donors (Lipinski definition) is 1. The molecule has 0 heterocycles. The highest BCUT2D eigenvalue weighted by atomic mass is 35.5. The highest BCUT2D eigenvalue weighted by molar-refractivity contribution is 6.30. The van der Waals surface area contributed by atoms with E-state index in [1.54, 1.807) is 13.1 Å². The molecule has 1 N–H and O–H groups in total. The number of rotatable bonds is 6. The number of nitro groups is 1. The maximum Gasteiger partial charge on any atom is 0.312 e. The molecule has 0 aliphatic carbocycles. The first-order valence-corrected chi connectivity index (χ1v) is 5.30. The van der Waals surface area contributed by atoms with Crippen molar-refractivity contribution in [3.8, 4) is 5.75 Å². The molecule has 0 bridgehead atoms. The molecule has 6 heteroatoms. The van der Waals surface area contributed by atoms with Gasteiger partial charge in [0.05, 0.1) is 4.92 Å². The quantitative estimate of drug-likeness (QED) is 0.482. The lowest BCUT2D eigenvalue weighted by Crippen LogP contribution is -2.14. The molecule has 0 amide bonds. The number of likely N-dealkylation sites (N-methyl/N-ethyl adjacent to an activating group) is 1. The van der Waals surface area contributed by atoms with Gasteiger partial charge in [0.15, 0.2) is 5.75 Å². The molecule has 0 spiro atoms. The lowest BCUT2D eigenvalue weighted by atomic mass is 10.3. The predicted octanol–water partition coefficient (Wildman–Crippen LogP) is 2.40. The zero-order chi connectivity index (χ0) is 12.8. The van der Waals surface area contributed by atoms with Crippen LogP contribution in [0.15, 0.2) is 30.4 Å². The minimum atomic E-state index is -0.526. The van der Waals surface area contributed by atoms with Gasteiger partial charge in [0.25, 0.3) is 0 Å². The largest absolute Gasteiger partial charge is 0.482 e. The van der Waals surface area contributed by atoms with E-state index < -0.39 is 4.92 Å². The Labute approximate surface area is 104 Å². The van der Waals surface area contributed by atoms with E-state index in [1.807, 2.05) is 0 Å². The van der Waals surface area contributed by atoms with E-state index in [0.717, 1.165) is 5.57 Å². The van der Waals surface area contributed by atoms with E-state index in [-0.39, 0.29) is 18.0 Å². The number of halogens is 1. The smallest absolute Gasteiger partial charge is 0.312 e. The summed E-state index contributed by atoms with van der Waals surface area (Å²) in [7, 11) is 1.79. The summed E-state index contributed by atoms with van der Waals surface area (Å²) in [6.07, 6.45) is 0. The van der Waals surface area contributed by atoms with Gasteiger partial charge in [0.2, 0.25) is 0 Å². The van der Waals surface area contributed by atoms with Gasteiger partial charge < -0.3 is 10.1 Å². The molecule has 0 saturated carbocycles. The van der Waals surface area contributed by atoms with Gasteiger partial charge in [-0.15, -0.1) is 0 Å². The van der Waals surface area contributed by atoms with Crippen molar-refractivity contribution in [2.24, 2.45) is 0 Å². The molecule has 1 aromatic rings. The van der Waals surface area contributed by atoms with Crippen LogP contribution in [0.1, 0.15) is 0 Å². The Morgan fingerprint density at radius 3 is 2.94 bits per heavy atom. The maximum absolute atomic E-state index is 10.8. The summed E-state index contributed by atoms with van der Waals surface area (Å²) in [5, 5.41) is 14.0. The summed E-state index contributed by atoms with van der Waals surface area (Å²) in [5.41, 5.74) is 0.659. The predicted molar refractivity (Wildman–Crippen MR) is 66.7 cm³/mol. The van der Waals surface area contributed by atoms with E-state index >= 15 is 0 Å². The molecule has 0 aliphatic rings. The third kappa shape index (κ3) is 4.05. The van der Waals surface area contributed by atoms with Gasteiger partial charge in [-0.25, -0.2) is 0 Å². The number of nitro benzene ring substituents is 1. The average Bonchev–Trinajstić information content (AvgIpc) is 2.27. The number of nitrogens with one attached hydrogen (secondary N) is 1. The summed E-state index contributed by atoms with van der Waals surface area (Å²) in [6.45, 7) is 4.59. The molecule has 5 nitrogen and oxygen atoms in total. The molecule has 0 unspecified atom stereocenters. The van der Waals surface area contributed by atoms with Crippen molar-refractivity contribution in [3.05, 3.63) is 45.5 Å². The molecular weight excluding hydrogens is 244 g/mol. The van der Waals surface area contributed by atoms with Gasteiger partial charge >= 0.3 is 5.69 Å². The summed E-state index contributed by atoms with van der Waals surface area (Å²) >= 11 is 5.69. The first kappa shape index (κ1) is 13.5. The third-order valence-electron chi connectivity index (χ3n) is 1.98. The Hall–Kier alpha value is -1.59. The van der Waals surface area contributed by atoms with Gasteiger partial charge in [-0.1, -0.05) is 18.2 Å². The fraction of sp³-hybridized carbons (Fsp3) is 0.273. The van der Waals surface area contributed by atoms with Crippen molar-refractivity contribution in [2.75, 3.05) is 20.2 Å². The lowest BCUT2D eigenvalue weighted by Gasteiger charge is -2.08. The van der Waals surface area contributed by atoms with Crippen LogP contribution in [0.3, 0.4) is 0 Å². The molecule has 1 aromatic carbocycles. The number of benzene rings is 1. The van der Waals surface area contributed by atoms with Gasteiger partial charge in [-0.2, -0.15) is 0 Å². The zero-order valence-corrected chi connectivity index (χ0v) is 10.2. The second-order valence-electron chi connectivity index (χ2n) is 3.44. The summed E-state index contributed by atoms with van der Waals surface area (Å²) < 4.78 is 5.33. The van der Waals surface area contributed by atoms with Crippen LogP contribution in [0.4, 0.5) is 5.69 Å². The standard InChI is InChI=1S/C11H13ClN2O3/c1-8(6-13-2)7-17-11-4-3-9(12)5-10(11)14(15)16/h3-5,13H,1,6-7H2,2H3. The van der Waals surface area contributed by atoms with E-state index in [1.165, 1.54) is 12.1 Å². The van der Waals surface area contributed by atoms with Gasteiger partial charge in [0, 0.05) is 17.6 Å². The van der Waals surface area contributed by atoms with Crippen LogP contribution in [-0.4, -0.2) is 25.1 Å². The molecule has 0 saturated heterocycles. The summed E-state index contributed by atoms with van der Waals surface area (Å²) in [5.74, 6) is 0.191. The van der Waals surface area contributed by atoms with E-state index in [9.17, 15) is 10.1 Å². The second kappa shape index (κ2) is 6.22. The van der Waals surface area contributed by atoms with E-state index in [0.29, 0.717) is 11.6 Å². The van der Waals surface area contributed by atoms with Crippen molar-refractivity contribution < 1.29 is 9.66 Å². The van der Waals surface area contributed by atoms with E-state index in [2.05, 4.69) is 11.9 Å². The number of ether oxygens (including phenoxy) is 1. The molecule has 0 atom stereocenters. The first-order valence-electron chi connectivity index (χ1n) is 4.92. The molecular formula is C11H13ClN2O3. The molecule has 17 heavy (non-hydrogen) atoms. The van der Waals surface area contributed by atoms with Crippen molar-refractivity contribution in [1.29, 1.82) is 0 Å². The Balaban J connectivity index is 2.77. The van der Waals surface area contributed by atoms with E-state index in [4.69, 9.17) is 16.3 Å². The van der Waals surface area contributed by atoms with Crippen LogP contribution < -0.4 is 10.1 Å². The Bertz CT molecular complexity index is 435. The van der Waals surface area contributed by atoms with Crippen molar-refractivity contribution in [1.82, 2.24) is 5.32 Å². The topological polar surface area (TPSA) is 64.4 Å². The Morgan fingerprint density at radius 2 is 2.35 bits per heavy atom. The molecule has 92 valence electrons. The highest BCUT2D eigenvalue weighted by Crippen LogP contribution is 2.29. The van der Waals surface area contributed by atoms with Crippen LogP contribution in [0.25, 0.3) is 0 Å². The fourth-order valence-corrected chi connectivity index (χ4v) is 1.40. The number of hydrogen-bond acceptors (Lipinski definition) is 4. The number of nitrogens with zero attached hydrogens (tertiary/aromatic N) is 1. The molecule has 0 fully saturated rings. The summed E-state index contributed by atoms with van der Waals surface area (Å²) in [4.78, 5) is 10.3. The van der Waals surface area contributed by atoms with Crippen LogP contribution in [0.2, 0.25) is 5.02 Å². The minimum absolute atomic E-state index is 0.144. The summed E-state index contributed by atoms with van der Waals surface area (Å²) in [6, 6.07) is 4.29. The molecule has 1 rings (SSSR count). The molecule has 0 aliphatic heterocycles. The van der Waals surface area contributed by atoms with Crippen molar-refractivity contribution >= 4 is 17.3 Å². The third-order valence-corrected chi connectivity index (χ3v) is 2.21. The first-order chi connectivity index (χ1) is 8.04. The zero-order valence-electron chi connectivity index (χ0n) is 9.40. The molecule has 0 aromatic heterocycles. The monoisotopic (exact) mass is 256 g/mol. The van der Waals surface area contributed by atoms with Gasteiger partial charge in [0.1, 0.15) is 6.61 Å². The molecule has 0 radical (unpaired) electrons. The second-order valence-corrected chi connectivity index (χ2v) is 3.87. The fourth-order valence-electron chi connectivity index (χ4n) is 1.24. The van der Waals surface area contributed by atoms with Gasteiger partial charge in [-0.3, -0.25) is 10.1 Å². The van der Waals surface area contributed by atoms with Crippen LogP contribution in [0, 0.1) is 10.1 Å². The maximum atomic E-state index is 10.8. The van der Waals surface area contributed by atoms with Crippen LogP contribution in [-0.2, 0) is 0 Å². The minimum Gasteiger partial charge on any atom is -0.482 e. The Morgan fingerprint density at radius 1 is 1.65 bits per heavy atom. The average molecular weight is 257 g/mol. The van der Waals surface area contributed by atoms with Crippen LogP contribution >= 0.6 is 11.6 Å². The SMILES string of the molecule is C=C(CNC)COc1ccc(Cl)cc1[N+](=O)[O-]. The van der Waals surface area contributed by atoms with Gasteiger partial charge in [-0.05, 0) is 24.8 Å². The lowest BCUT2D eigenvalue weighted by molar-refractivity contribution is -0.385. The highest BCUT2D eigenvalue weighted by Gasteiger charge is 2.15. The van der Waals surface area contributed by atoms with Crippen molar-refractivity contribution in [3.63, 3.8) is 0 Å². The van der Waals surface area contributed by atoms with Crippen molar-refractivity contribution in [2.45, 2.75) is 0 Å². The Kier molecular flexibility index (Phi) is 4.93. The normalized spacial score (nSPS) is 10.0.